The zero-order valence-electron chi connectivity index (χ0n) is 14.1. The van der Waals surface area contributed by atoms with Gasteiger partial charge in [0.05, 0.1) is 6.04 Å². The van der Waals surface area contributed by atoms with E-state index >= 15 is 0 Å². The van der Waals surface area contributed by atoms with Gasteiger partial charge in [-0.05, 0) is 39.3 Å². The monoisotopic (exact) mass is 330 g/mol. The molecule has 0 aliphatic carbocycles. The number of anilines is 1. The molecule has 1 atom stereocenters. The number of aromatic nitrogens is 4. The Labute approximate surface area is 140 Å². The summed E-state index contributed by atoms with van der Waals surface area (Å²) < 4.78 is 7.39. The molecule has 0 bridgehead atoms. The predicted molar refractivity (Wildman–Crippen MR) is 89.1 cm³/mol. The highest BCUT2D eigenvalue weighted by Crippen LogP contribution is 2.27. The summed E-state index contributed by atoms with van der Waals surface area (Å²) in [6, 6.07) is 5.49. The number of nitrogens with two attached hydrogens (primary N) is 1. The molecule has 0 radical (unpaired) electrons. The lowest BCUT2D eigenvalue weighted by molar-refractivity contribution is 0.0289. The second-order valence-electron chi connectivity index (χ2n) is 6.88. The molecule has 0 saturated carbocycles. The Kier molecular flexibility index (Phi) is 4.13. The number of carbonyl (C=O) groups is 1. The van der Waals surface area contributed by atoms with Crippen molar-refractivity contribution in [1.82, 2.24) is 24.6 Å². The van der Waals surface area contributed by atoms with Crippen LogP contribution in [0.2, 0.25) is 0 Å². The molecule has 3 rings (SSSR count). The first-order valence-electron chi connectivity index (χ1n) is 7.94. The zero-order valence-corrected chi connectivity index (χ0v) is 14.1. The standard InChI is InChI=1S/C16H22N6O2/c1-16(2,3)24-15(23)21-8-7-11(9-21)22-10-18-20-14(22)12-5-4-6-13(17)19-12/h4-6,10-11H,7-9H2,1-3H3,(H2,17,19)/t11-/m0/s1. The molecule has 8 heteroatoms. The van der Waals surface area contributed by atoms with E-state index in [0.717, 1.165) is 6.42 Å². The van der Waals surface area contributed by atoms with Crippen LogP contribution in [0.25, 0.3) is 11.5 Å². The molecule has 1 aliphatic heterocycles. The summed E-state index contributed by atoms with van der Waals surface area (Å²) >= 11 is 0. The summed E-state index contributed by atoms with van der Waals surface area (Å²) in [5, 5.41) is 8.16. The van der Waals surface area contributed by atoms with Crippen LogP contribution in [0.4, 0.5) is 10.6 Å². The van der Waals surface area contributed by atoms with Crippen molar-refractivity contribution in [1.29, 1.82) is 0 Å². The van der Waals surface area contributed by atoms with E-state index in [1.807, 2.05) is 37.5 Å². The van der Waals surface area contributed by atoms with E-state index in [0.29, 0.717) is 30.4 Å². The van der Waals surface area contributed by atoms with Crippen LogP contribution >= 0.6 is 0 Å². The smallest absolute Gasteiger partial charge is 0.410 e. The summed E-state index contributed by atoms with van der Waals surface area (Å²) in [7, 11) is 0. The Balaban J connectivity index is 1.76. The van der Waals surface area contributed by atoms with Gasteiger partial charge in [0.15, 0.2) is 5.82 Å². The summed E-state index contributed by atoms with van der Waals surface area (Å²) in [6.45, 7) is 6.79. The number of hydrogen-bond acceptors (Lipinski definition) is 6. The Morgan fingerprint density at radius 2 is 2.17 bits per heavy atom. The number of amides is 1. The maximum Gasteiger partial charge on any atom is 0.410 e. The Morgan fingerprint density at radius 3 is 2.88 bits per heavy atom. The van der Waals surface area contributed by atoms with Gasteiger partial charge in [-0.15, -0.1) is 10.2 Å². The van der Waals surface area contributed by atoms with Gasteiger partial charge in [0.25, 0.3) is 0 Å². The van der Waals surface area contributed by atoms with Gasteiger partial charge in [0.2, 0.25) is 0 Å². The molecule has 2 aromatic rings. The van der Waals surface area contributed by atoms with E-state index in [1.165, 1.54) is 0 Å². The molecule has 2 aromatic heterocycles. The van der Waals surface area contributed by atoms with Crippen molar-refractivity contribution in [2.24, 2.45) is 0 Å². The molecule has 1 fully saturated rings. The highest BCUT2D eigenvalue weighted by atomic mass is 16.6. The molecule has 0 aromatic carbocycles. The Morgan fingerprint density at radius 1 is 1.38 bits per heavy atom. The normalized spacial score (nSPS) is 18.0. The van der Waals surface area contributed by atoms with Gasteiger partial charge in [-0.1, -0.05) is 6.07 Å². The summed E-state index contributed by atoms with van der Waals surface area (Å²) in [4.78, 5) is 18.2. The fourth-order valence-corrected chi connectivity index (χ4v) is 2.73. The maximum atomic E-state index is 12.2. The van der Waals surface area contributed by atoms with Crippen LogP contribution in [0, 0.1) is 0 Å². The van der Waals surface area contributed by atoms with Crippen molar-refractivity contribution in [2.75, 3.05) is 18.8 Å². The Hall–Kier alpha value is -2.64. The average Bonchev–Trinajstić information content (AvgIpc) is 3.14. The minimum Gasteiger partial charge on any atom is -0.444 e. The first-order chi connectivity index (χ1) is 11.3. The van der Waals surface area contributed by atoms with Crippen LogP contribution in [-0.4, -0.2) is 49.4 Å². The minimum atomic E-state index is -0.498. The number of ether oxygens (including phenoxy) is 1. The van der Waals surface area contributed by atoms with Crippen molar-refractivity contribution in [3.63, 3.8) is 0 Å². The predicted octanol–water partition coefficient (Wildman–Crippen LogP) is 2.10. The molecule has 3 heterocycles. The van der Waals surface area contributed by atoms with Gasteiger partial charge in [-0.2, -0.15) is 0 Å². The number of nitrogen functional groups attached to an aromatic ring is 1. The number of pyridine rings is 1. The van der Waals surface area contributed by atoms with Gasteiger partial charge in [-0.3, -0.25) is 0 Å². The van der Waals surface area contributed by atoms with Crippen molar-refractivity contribution in [3.8, 4) is 11.5 Å². The summed E-state index contributed by atoms with van der Waals surface area (Å²) in [5.41, 5.74) is 5.92. The average molecular weight is 330 g/mol. The molecular weight excluding hydrogens is 308 g/mol. The van der Waals surface area contributed by atoms with Crippen molar-refractivity contribution >= 4 is 11.9 Å². The third-order valence-corrected chi connectivity index (χ3v) is 3.78. The van der Waals surface area contributed by atoms with E-state index in [-0.39, 0.29) is 12.1 Å². The Bertz CT molecular complexity index is 736. The zero-order chi connectivity index (χ0) is 17.3. The number of likely N-dealkylation sites (tertiary alicyclic amines) is 1. The van der Waals surface area contributed by atoms with Gasteiger partial charge in [-0.25, -0.2) is 9.78 Å². The molecule has 1 saturated heterocycles. The van der Waals surface area contributed by atoms with Gasteiger partial charge < -0.3 is 19.9 Å². The molecule has 128 valence electrons. The number of nitrogens with zero attached hydrogens (tertiary/aromatic N) is 5. The largest absolute Gasteiger partial charge is 0.444 e. The third-order valence-electron chi connectivity index (χ3n) is 3.78. The molecule has 24 heavy (non-hydrogen) atoms. The van der Waals surface area contributed by atoms with E-state index in [2.05, 4.69) is 15.2 Å². The highest BCUT2D eigenvalue weighted by molar-refractivity contribution is 5.68. The lowest BCUT2D eigenvalue weighted by atomic mass is 10.2. The first-order valence-corrected chi connectivity index (χ1v) is 7.94. The molecular formula is C16H22N6O2. The minimum absolute atomic E-state index is 0.0887. The van der Waals surface area contributed by atoms with Crippen LogP contribution < -0.4 is 5.73 Å². The SMILES string of the molecule is CC(C)(C)OC(=O)N1CC[C@H](n2cnnc2-c2cccc(N)n2)C1. The fourth-order valence-electron chi connectivity index (χ4n) is 2.73. The van der Waals surface area contributed by atoms with Crippen LogP contribution in [0.1, 0.15) is 33.2 Å². The van der Waals surface area contributed by atoms with Crippen molar-refractivity contribution in [2.45, 2.75) is 38.8 Å². The second-order valence-corrected chi connectivity index (χ2v) is 6.88. The van der Waals surface area contributed by atoms with Crippen LogP contribution in [0.5, 0.6) is 0 Å². The highest BCUT2D eigenvalue weighted by Gasteiger charge is 2.32. The van der Waals surface area contributed by atoms with Crippen LogP contribution in [0.3, 0.4) is 0 Å². The van der Waals surface area contributed by atoms with Crippen molar-refractivity contribution in [3.05, 3.63) is 24.5 Å². The molecule has 2 N–H and O–H groups in total. The second kappa shape index (κ2) is 6.10. The molecule has 1 aliphatic rings. The topological polar surface area (TPSA) is 99.2 Å². The lowest BCUT2D eigenvalue weighted by Crippen LogP contribution is -2.35. The molecule has 1 amide bonds. The van der Waals surface area contributed by atoms with Gasteiger partial charge >= 0.3 is 6.09 Å². The van der Waals surface area contributed by atoms with Crippen LogP contribution in [0.15, 0.2) is 24.5 Å². The van der Waals surface area contributed by atoms with Gasteiger partial charge in [0.1, 0.15) is 23.4 Å². The quantitative estimate of drug-likeness (QED) is 0.905. The number of carbonyl (C=O) groups excluding carboxylic acids is 1. The van der Waals surface area contributed by atoms with E-state index in [4.69, 9.17) is 10.5 Å². The fraction of sp³-hybridized carbons (Fsp3) is 0.500. The van der Waals surface area contributed by atoms with E-state index in [1.54, 1.807) is 17.3 Å². The summed E-state index contributed by atoms with van der Waals surface area (Å²) in [6.07, 6.45) is 2.19. The van der Waals surface area contributed by atoms with E-state index in [9.17, 15) is 4.79 Å². The maximum absolute atomic E-state index is 12.2. The molecule has 0 unspecified atom stereocenters. The van der Waals surface area contributed by atoms with Crippen LogP contribution in [-0.2, 0) is 4.74 Å². The number of rotatable bonds is 2. The van der Waals surface area contributed by atoms with Gasteiger partial charge in [0, 0.05) is 13.1 Å². The molecule has 0 spiro atoms. The summed E-state index contributed by atoms with van der Waals surface area (Å²) in [5.74, 6) is 1.09. The van der Waals surface area contributed by atoms with E-state index < -0.39 is 5.60 Å². The van der Waals surface area contributed by atoms with Crippen molar-refractivity contribution < 1.29 is 9.53 Å². The first kappa shape index (κ1) is 16.2. The lowest BCUT2D eigenvalue weighted by Gasteiger charge is -2.24. The third kappa shape index (κ3) is 3.47. The molecule has 8 nitrogen and oxygen atoms in total. The number of hydrogen-bond donors (Lipinski definition) is 1.